The molecule has 0 saturated carbocycles. The van der Waals surface area contributed by atoms with E-state index in [-0.39, 0.29) is 11.3 Å². The van der Waals surface area contributed by atoms with Crippen molar-refractivity contribution in [1.82, 2.24) is 9.66 Å². The van der Waals surface area contributed by atoms with Crippen LogP contribution in [0.4, 0.5) is 5.69 Å². The van der Waals surface area contributed by atoms with Gasteiger partial charge in [-0.15, -0.1) is 11.3 Å². The Morgan fingerprint density at radius 1 is 1.19 bits per heavy atom. The third-order valence-corrected chi connectivity index (χ3v) is 6.55. The molecule has 2 aliphatic rings. The summed E-state index contributed by atoms with van der Waals surface area (Å²) in [7, 11) is 0. The van der Waals surface area contributed by atoms with Gasteiger partial charge in [-0.2, -0.15) is 9.78 Å². The summed E-state index contributed by atoms with van der Waals surface area (Å²) in [6.45, 7) is 0. The molecule has 136 valence electrons. The van der Waals surface area contributed by atoms with Gasteiger partial charge in [0.25, 0.3) is 11.5 Å². The summed E-state index contributed by atoms with van der Waals surface area (Å²) >= 11 is 13.8. The highest BCUT2D eigenvalue weighted by molar-refractivity contribution is 7.18. The van der Waals surface area contributed by atoms with Crippen molar-refractivity contribution in [3.8, 4) is 0 Å². The number of aryl methyl sites for hydroxylation is 2. The third kappa shape index (κ3) is 2.61. The number of hydrogen-bond donors (Lipinski definition) is 1. The minimum absolute atomic E-state index is 0.0850. The number of benzene rings is 1. The fourth-order valence-corrected chi connectivity index (χ4v) is 5.36. The quantitative estimate of drug-likeness (QED) is 0.651. The Morgan fingerprint density at radius 3 is 2.85 bits per heavy atom. The van der Waals surface area contributed by atoms with Crippen molar-refractivity contribution >= 4 is 62.1 Å². The molecule has 1 N–H and O–H groups in total. The maximum atomic E-state index is 13.0. The van der Waals surface area contributed by atoms with Crippen LogP contribution in [-0.4, -0.2) is 21.3 Å². The fourth-order valence-electron chi connectivity index (χ4n) is 3.60. The number of hydrogen-bond acceptors (Lipinski definition) is 5. The second kappa shape index (κ2) is 6.15. The molecular formula is C18H12Cl2N4O2S. The van der Waals surface area contributed by atoms with Crippen LogP contribution in [0.2, 0.25) is 10.0 Å². The highest BCUT2D eigenvalue weighted by atomic mass is 35.5. The summed E-state index contributed by atoms with van der Waals surface area (Å²) in [6.07, 6.45) is 5.42. The van der Waals surface area contributed by atoms with E-state index in [9.17, 15) is 9.59 Å². The minimum atomic E-state index is -0.437. The highest BCUT2D eigenvalue weighted by Gasteiger charge is 2.29. The predicted octanol–water partition coefficient (Wildman–Crippen LogP) is 3.85. The second-order valence-corrected chi connectivity index (χ2v) is 8.43. The summed E-state index contributed by atoms with van der Waals surface area (Å²) in [5.74, 6) is -0.437. The molecule has 3 aromatic rings. The number of halogens is 2. The van der Waals surface area contributed by atoms with E-state index in [0.717, 1.165) is 40.8 Å². The van der Waals surface area contributed by atoms with Gasteiger partial charge < -0.3 is 5.32 Å². The van der Waals surface area contributed by atoms with E-state index in [0.29, 0.717) is 26.7 Å². The van der Waals surface area contributed by atoms with Gasteiger partial charge in [-0.3, -0.25) is 9.59 Å². The Morgan fingerprint density at radius 2 is 2.00 bits per heavy atom. The van der Waals surface area contributed by atoms with Crippen molar-refractivity contribution in [1.29, 1.82) is 0 Å². The molecule has 27 heavy (non-hydrogen) atoms. The molecule has 0 radical (unpaired) electrons. The molecule has 0 bridgehead atoms. The van der Waals surface area contributed by atoms with Crippen molar-refractivity contribution < 1.29 is 4.79 Å². The SMILES string of the molecule is O=C1Nc2c(Cl)cc(Cl)cc2/C1=N\n1cnc2sc3c(c2c1=O)CCCC3. The van der Waals surface area contributed by atoms with Crippen molar-refractivity contribution in [2.75, 3.05) is 5.32 Å². The molecule has 0 unspecified atom stereocenters. The maximum absolute atomic E-state index is 13.0. The number of fused-ring (bicyclic) bond motifs is 4. The zero-order valence-electron chi connectivity index (χ0n) is 13.9. The first-order valence-electron chi connectivity index (χ1n) is 8.44. The van der Waals surface area contributed by atoms with E-state index in [1.165, 1.54) is 11.2 Å². The van der Waals surface area contributed by atoms with Crippen LogP contribution in [0.1, 0.15) is 28.8 Å². The largest absolute Gasteiger partial charge is 0.319 e. The van der Waals surface area contributed by atoms with E-state index < -0.39 is 5.91 Å². The standard InChI is InChI=1S/C18H12Cl2N4O2S/c19-8-5-10-14(11(20)6-8)22-16(25)15(10)23-24-7-21-17-13(18(24)26)9-3-1-2-4-12(9)27-17/h5-7H,1-4H2,(H,22,23,25). The van der Waals surface area contributed by atoms with Crippen LogP contribution in [0.15, 0.2) is 28.4 Å². The lowest BCUT2D eigenvalue weighted by atomic mass is 9.97. The van der Waals surface area contributed by atoms with E-state index in [1.54, 1.807) is 23.5 Å². The van der Waals surface area contributed by atoms with Crippen LogP contribution in [0.25, 0.3) is 10.2 Å². The Labute approximate surface area is 167 Å². The topological polar surface area (TPSA) is 76.3 Å². The van der Waals surface area contributed by atoms with Crippen LogP contribution < -0.4 is 10.9 Å². The normalized spacial score (nSPS) is 17.3. The van der Waals surface area contributed by atoms with Gasteiger partial charge >= 0.3 is 0 Å². The smallest absolute Gasteiger partial charge is 0.282 e. The number of nitrogens with one attached hydrogen (secondary N) is 1. The van der Waals surface area contributed by atoms with Crippen LogP contribution in [-0.2, 0) is 17.6 Å². The average Bonchev–Trinajstić information content (AvgIpc) is 3.16. The van der Waals surface area contributed by atoms with Crippen LogP contribution in [0.3, 0.4) is 0 Å². The van der Waals surface area contributed by atoms with Gasteiger partial charge in [-0.05, 0) is 43.4 Å². The Balaban J connectivity index is 1.71. The first-order valence-corrected chi connectivity index (χ1v) is 10.0. The number of amides is 1. The summed E-state index contributed by atoms with van der Waals surface area (Å²) in [6, 6.07) is 3.14. The molecule has 3 heterocycles. The molecule has 0 fully saturated rings. The van der Waals surface area contributed by atoms with Crippen molar-refractivity contribution in [3.63, 3.8) is 0 Å². The van der Waals surface area contributed by atoms with Crippen molar-refractivity contribution in [2.24, 2.45) is 5.10 Å². The maximum Gasteiger partial charge on any atom is 0.282 e. The van der Waals surface area contributed by atoms with Crippen LogP contribution in [0.5, 0.6) is 0 Å². The van der Waals surface area contributed by atoms with Gasteiger partial charge in [0.15, 0.2) is 5.71 Å². The van der Waals surface area contributed by atoms with Gasteiger partial charge in [0, 0.05) is 15.5 Å². The summed E-state index contributed by atoms with van der Waals surface area (Å²) in [5, 5.41) is 8.27. The molecule has 6 nitrogen and oxygen atoms in total. The molecule has 1 aliphatic carbocycles. The summed E-state index contributed by atoms with van der Waals surface area (Å²) < 4.78 is 1.13. The molecule has 1 aliphatic heterocycles. The molecule has 1 amide bonds. The average molecular weight is 419 g/mol. The van der Waals surface area contributed by atoms with Crippen LogP contribution >= 0.6 is 34.5 Å². The molecule has 0 spiro atoms. The van der Waals surface area contributed by atoms with E-state index in [4.69, 9.17) is 23.2 Å². The lowest BCUT2D eigenvalue weighted by Crippen LogP contribution is -2.22. The monoisotopic (exact) mass is 418 g/mol. The van der Waals surface area contributed by atoms with Gasteiger partial charge in [0.2, 0.25) is 0 Å². The number of aromatic nitrogens is 2. The highest BCUT2D eigenvalue weighted by Crippen LogP contribution is 2.35. The second-order valence-electron chi connectivity index (χ2n) is 6.50. The Hall–Kier alpha value is -2.22. The number of rotatable bonds is 1. The molecule has 9 heteroatoms. The zero-order valence-corrected chi connectivity index (χ0v) is 16.2. The van der Waals surface area contributed by atoms with Crippen LogP contribution in [0, 0.1) is 0 Å². The molecule has 0 atom stereocenters. The van der Waals surface area contributed by atoms with Crippen molar-refractivity contribution in [2.45, 2.75) is 25.7 Å². The molecule has 5 rings (SSSR count). The van der Waals surface area contributed by atoms with E-state index in [1.807, 2.05) is 0 Å². The fraction of sp³-hybridized carbons (Fsp3) is 0.222. The number of carbonyl (C=O) groups is 1. The van der Waals surface area contributed by atoms with E-state index >= 15 is 0 Å². The lowest BCUT2D eigenvalue weighted by Gasteiger charge is -2.09. The summed E-state index contributed by atoms with van der Waals surface area (Å²) in [5.41, 5.74) is 1.82. The molecule has 1 aromatic carbocycles. The number of carbonyl (C=O) groups excluding carboxylic acids is 1. The number of thiophene rings is 1. The van der Waals surface area contributed by atoms with E-state index in [2.05, 4.69) is 15.4 Å². The Bertz CT molecular complexity index is 1230. The summed E-state index contributed by atoms with van der Waals surface area (Å²) in [4.78, 5) is 31.8. The molecule has 2 aromatic heterocycles. The molecule has 0 saturated heterocycles. The van der Waals surface area contributed by atoms with Gasteiger partial charge in [0.1, 0.15) is 11.2 Å². The van der Waals surface area contributed by atoms with Gasteiger partial charge in [-0.25, -0.2) is 4.98 Å². The predicted molar refractivity (Wildman–Crippen MR) is 108 cm³/mol. The third-order valence-electron chi connectivity index (χ3n) is 4.83. The van der Waals surface area contributed by atoms with Crippen molar-refractivity contribution in [3.05, 3.63) is 54.9 Å². The first kappa shape index (κ1) is 16.9. The lowest BCUT2D eigenvalue weighted by molar-refractivity contribution is -0.110. The van der Waals surface area contributed by atoms with Gasteiger partial charge in [0.05, 0.1) is 16.1 Å². The molecular weight excluding hydrogens is 407 g/mol. The zero-order chi connectivity index (χ0) is 18.7. The number of nitrogens with zero attached hydrogens (tertiary/aromatic N) is 3. The minimum Gasteiger partial charge on any atom is -0.319 e. The first-order chi connectivity index (χ1) is 13.0. The number of anilines is 1. The Kier molecular flexibility index (Phi) is 3.86. The van der Waals surface area contributed by atoms with Gasteiger partial charge in [-0.1, -0.05) is 23.2 Å².